The van der Waals surface area contributed by atoms with Gasteiger partial charge in [0.2, 0.25) is 0 Å². The number of nitrogens with one attached hydrogen (secondary N) is 1. The number of rotatable bonds is 4. The zero-order valence-electron chi connectivity index (χ0n) is 9.24. The summed E-state index contributed by atoms with van der Waals surface area (Å²) in [6.07, 6.45) is 1.91. The maximum atomic E-state index is 11.1. The van der Waals surface area contributed by atoms with Crippen LogP contribution >= 0.6 is 0 Å². The molecular formula is C10H20N2O3. The number of nitrogens with zero attached hydrogens (tertiary/aromatic N) is 1. The van der Waals surface area contributed by atoms with Gasteiger partial charge in [0.15, 0.2) is 0 Å². The first-order valence-electron chi connectivity index (χ1n) is 5.42. The molecule has 1 atom stereocenters. The number of carbonyl (C=O) groups excluding carboxylic acids is 1. The molecule has 1 amide bonds. The van der Waals surface area contributed by atoms with Crippen LogP contribution < -0.4 is 5.32 Å². The molecule has 0 saturated carbocycles. The van der Waals surface area contributed by atoms with E-state index in [9.17, 15) is 4.79 Å². The number of carbonyl (C=O) groups is 1. The van der Waals surface area contributed by atoms with Gasteiger partial charge in [-0.1, -0.05) is 0 Å². The Morgan fingerprint density at radius 2 is 2.47 bits per heavy atom. The molecule has 0 radical (unpaired) electrons. The number of hydrogen-bond donors (Lipinski definition) is 2. The van der Waals surface area contributed by atoms with E-state index in [-0.39, 0.29) is 13.2 Å². The maximum absolute atomic E-state index is 11.1. The summed E-state index contributed by atoms with van der Waals surface area (Å²) >= 11 is 0. The van der Waals surface area contributed by atoms with E-state index in [4.69, 9.17) is 9.84 Å². The van der Waals surface area contributed by atoms with E-state index >= 15 is 0 Å². The monoisotopic (exact) mass is 216 g/mol. The van der Waals surface area contributed by atoms with Crippen molar-refractivity contribution >= 4 is 6.09 Å². The molecule has 1 fully saturated rings. The molecule has 1 heterocycles. The number of piperidine rings is 1. The molecule has 88 valence electrons. The highest BCUT2D eigenvalue weighted by Gasteiger charge is 2.17. The van der Waals surface area contributed by atoms with Crippen LogP contribution in [0, 0.1) is 5.92 Å². The molecule has 0 bridgehead atoms. The molecule has 1 unspecified atom stereocenters. The first kappa shape index (κ1) is 12.3. The molecule has 0 aliphatic carbocycles. The van der Waals surface area contributed by atoms with Crippen molar-refractivity contribution in [2.24, 2.45) is 5.92 Å². The number of aliphatic hydroxyl groups is 1. The van der Waals surface area contributed by atoms with Crippen LogP contribution in [0.5, 0.6) is 0 Å². The molecule has 2 N–H and O–H groups in total. The molecule has 0 aromatic carbocycles. The molecule has 1 rings (SSSR count). The predicted molar refractivity (Wildman–Crippen MR) is 56.7 cm³/mol. The van der Waals surface area contributed by atoms with Gasteiger partial charge >= 0.3 is 6.09 Å². The summed E-state index contributed by atoms with van der Waals surface area (Å²) in [5.41, 5.74) is 0. The van der Waals surface area contributed by atoms with Crippen LogP contribution in [0.4, 0.5) is 4.79 Å². The highest BCUT2D eigenvalue weighted by Crippen LogP contribution is 2.13. The van der Waals surface area contributed by atoms with Crippen molar-refractivity contribution in [1.29, 1.82) is 0 Å². The Balaban J connectivity index is 2.10. The predicted octanol–water partition coefficient (Wildman–Crippen LogP) is 0.0467. The third-order valence-electron chi connectivity index (χ3n) is 2.58. The van der Waals surface area contributed by atoms with E-state index in [0.717, 1.165) is 19.5 Å². The smallest absolute Gasteiger partial charge is 0.407 e. The maximum Gasteiger partial charge on any atom is 0.407 e. The van der Waals surface area contributed by atoms with Crippen molar-refractivity contribution in [3.63, 3.8) is 0 Å². The van der Waals surface area contributed by atoms with Crippen molar-refractivity contribution < 1.29 is 14.6 Å². The van der Waals surface area contributed by atoms with E-state index in [0.29, 0.717) is 12.5 Å². The topological polar surface area (TPSA) is 61.8 Å². The quantitative estimate of drug-likeness (QED) is 0.697. The summed E-state index contributed by atoms with van der Waals surface area (Å²) in [5, 5.41) is 11.2. The van der Waals surface area contributed by atoms with Crippen LogP contribution in [0.3, 0.4) is 0 Å². The molecule has 0 aromatic heterocycles. The summed E-state index contributed by atoms with van der Waals surface area (Å²) in [6, 6.07) is 0. The Hall–Kier alpha value is -0.810. The van der Waals surface area contributed by atoms with Gasteiger partial charge in [-0.15, -0.1) is 0 Å². The average Bonchev–Trinajstić information content (AvgIpc) is 2.23. The third-order valence-corrected chi connectivity index (χ3v) is 2.58. The lowest BCUT2D eigenvalue weighted by Crippen LogP contribution is -2.39. The van der Waals surface area contributed by atoms with E-state index in [1.54, 1.807) is 0 Å². The molecule has 1 saturated heterocycles. The Morgan fingerprint density at radius 3 is 3.13 bits per heavy atom. The lowest BCUT2D eigenvalue weighted by molar-refractivity contribution is 0.115. The second kappa shape index (κ2) is 6.63. The summed E-state index contributed by atoms with van der Waals surface area (Å²) in [7, 11) is 2.09. The second-order valence-corrected chi connectivity index (χ2v) is 4.01. The van der Waals surface area contributed by atoms with Crippen molar-refractivity contribution in [2.45, 2.75) is 12.8 Å². The SMILES string of the molecule is CN1CCCC(CNC(=O)OCCO)C1. The Kier molecular flexibility index (Phi) is 5.42. The fraction of sp³-hybridized carbons (Fsp3) is 0.900. The van der Waals surface area contributed by atoms with Gasteiger partial charge in [-0.25, -0.2) is 4.79 Å². The molecule has 0 spiro atoms. The fourth-order valence-corrected chi connectivity index (χ4v) is 1.86. The van der Waals surface area contributed by atoms with Crippen molar-refractivity contribution in [3.05, 3.63) is 0 Å². The van der Waals surface area contributed by atoms with Crippen LogP contribution in [-0.4, -0.2) is 56.0 Å². The van der Waals surface area contributed by atoms with Gasteiger partial charge in [-0.2, -0.15) is 0 Å². The minimum absolute atomic E-state index is 0.0659. The largest absolute Gasteiger partial charge is 0.447 e. The highest BCUT2D eigenvalue weighted by atomic mass is 16.6. The highest BCUT2D eigenvalue weighted by molar-refractivity contribution is 5.67. The normalized spacial score (nSPS) is 22.4. The zero-order chi connectivity index (χ0) is 11.1. The van der Waals surface area contributed by atoms with Gasteiger partial charge in [-0.3, -0.25) is 0 Å². The van der Waals surface area contributed by atoms with Crippen molar-refractivity contribution in [3.8, 4) is 0 Å². The van der Waals surface area contributed by atoms with Crippen molar-refractivity contribution in [2.75, 3.05) is 39.9 Å². The molecule has 15 heavy (non-hydrogen) atoms. The zero-order valence-corrected chi connectivity index (χ0v) is 9.24. The molecular weight excluding hydrogens is 196 g/mol. The van der Waals surface area contributed by atoms with Gasteiger partial charge in [0.05, 0.1) is 6.61 Å². The molecule has 1 aliphatic rings. The van der Waals surface area contributed by atoms with Gasteiger partial charge in [0.25, 0.3) is 0 Å². The average molecular weight is 216 g/mol. The first-order valence-corrected chi connectivity index (χ1v) is 5.42. The lowest BCUT2D eigenvalue weighted by atomic mass is 9.99. The minimum atomic E-state index is -0.433. The van der Waals surface area contributed by atoms with E-state index in [1.807, 2.05) is 0 Å². The Bertz CT molecular complexity index is 199. The molecule has 5 heteroatoms. The molecule has 5 nitrogen and oxygen atoms in total. The standard InChI is InChI=1S/C10H20N2O3/c1-12-4-2-3-9(8-12)7-11-10(14)15-6-5-13/h9,13H,2-8H2,1H3,(H,11,14). The number of amides is 1. The lowest BCUT2D eigenvalue weighted by Gasteiger charge is -2.29. The summed E-state index contributed by atoms with van der Waals surface area (Å²) in [4.78, 5) is 13.3. The van der Waals surface area contributed by atoms with Crippen LogP contribution in [0.1, 0.15) is 12.8 Å². The molecule has 0 aromatic rings. The number of alkyl carbamates (subject to hydrolysis) is 1. The van der Waals surface area contributed by atoms with Crippen LogP contribution in [-0.2, 0) is 4.74 Å². The summed E-state index contributed by atoms with van der Waals surface area (Å²) < 4.78 is 4.70. The Labute approximate surface area is 90.4 Å². The van der Waals surface area contributed by atoms with Gasteiger partial charge in [-0.05, 0) is 32.4 Å². The number of hydrogen-bond acceptors (Lipinski definition) is 4. The summed E-state index contributed by atoms with van der Waals surface area (Å²) in [5.74, 6) is 0.519. The second-order valence-electron chi connectivity index (χ2n) is 4.01. The third kappa shape index (κ3) is 4.99. The summed E-state index contributed by atoms with van der Waals surface area (Å²) in [6.45, 7) is 2.77. The van der Waals surface area contributed by atoms with Gasteiger partial charge in [0, 0.05) is 13.1 Å². The van der Waals surface area contributed by atoms with Crippen LogP contribution in [0.2, 0.25) is 0 Å². The first-order chi connectivity index (χ1) is 7.22. The number of ether oxygens (including phenoxy) is 1. The van der Waals surface area contributed by atoms with E-state index < -0.39 is 6.09 Å². The fourth-order valence-electron chi connectivity index (χ4n) is 1.86. The number of likely N-dealkylation sites (tertiary alicyclic amines) is 1. The van der Waals surface area contributed by atoms with E-state index in [1.165, 1.54) is 6.42 Å². The molecule has 1 aliphatic heterocycles. The van der Waals surface area contributed by atoms with Crippen LogP contribution in [0.15, 0.2) is 0 Å². The van der Waals surface area contributed by atoms with Gasteiger partial charge in [0.1, 0.15) is 6.61 Å². The van der Waals surface area contributed by atoms with E-state index in [2.05, 4.69) is 17.3 Å². The Morgan fingerprint density at radius 1 is 1.67 bits per heavy atom. The van der Waals surface area contributed by atoms with Crippen LogP contribution in [0.25, 0.3) is 0 Å². The van der Waals surface area contributed by atoms with Gasteiger partial charge < -0.3 is 20.1 Å². The minimum Gasteiger partial charge on any atom is -0.447 e. The van der Waals surface area contributed by atoms with Crippen molar-refractivity contribution in [1.82, 2.24) is 10.2 Å². The number of aliphatic hydroxyl groups excluding tert-OH is 1.